The first-order chi connectivity index (χ1) is 16.6. The van der Waals surface area contributed by atoms with E-state index in [2.05, 4.69) is 24.5 Å². The highest BCUT2D eigenvalue weighted by atomic mass is 32.2. The van der Waals surface area contributed by atoms with Gasteiger partial charge in [0, 0.05) is 30.3 Å². The van der Waals surface area contributed by atoms with Crippen LogP contribution in [0.5, 0.6) is 0 Å². The van der Waals surface area contributed by atoms with Crippen LogP contribution < -0.4 is 10.6 Å². The zero-order valence-electron chi connectivity index (χ0n) is 20.0. The summed E-state index contributed by atoms with van der Waals surface area (Å²) >= 11 is 1.61. The van der Waals surface area contributed by atoms with Crippen molar-refractivity contribution in [2.24, 2.45) is 0 Å². The van der Waals surface area contributed by atoms with Crippen molar-refractivity contribution in [1.82, 2.24) is 15.1 Å². The summed E-state index contributed by atoms with van der Waals surface area (Å²) < 4.78 is -0.247. The second kappa shape index (κ2) is 8.41. The van der Waals surface area contributed by atoms with Gasteiger partial charge in [0.15, 0.2) is 0 Å². The van der Waals surface area contributed by atoms with E-state index in [1.54, 1.807) is 29.8 Å². The summed E-state index contributed by atoms with van der Waals surface area (Å²) in [4.78, 5) is 53.6. The number of hydrogen-bond acceptors (Lipinski definition) is 5. The molecule has 8 nitrogen and oxygen atoms in total. The number of amides is 5. The molecule has 0 bridgehead atoms. The van der Waals surface area contributed by atoms with Gasteiger partial charge in [-0.15, -0.1) is 11.8 Å². The van der Waals surface area contributed by atoms with Gasteiger partial charge in [0.1, 0.15) is 12.1 Å². The van der Waals surface area contributed by atoms with Gasteiger partial charge in [-0.2, -0.15) is 0 Å². The largest absolute Gasteiger partial charge is 0.325 e. The predicted octanol–water partition coefficient (Wildman–Crippen LogP) is 2.74. The normalized spacial score (nSPS) is 25.1. The summed E-state index contributed by atoms with van der Waals surface area (Å²) in [5.74, 6) is -0.295. The average Bonchev–Trinajstić information content (AvgIpc) is 3.30. The van der Waals surface area contributed by atoms with E-state index in [0.717, 1.165) is 16.7 Å². The Hall–Kier alpha value is -3.33. The molecule has 2 aromatic carbocycles. The zero-order chi connectivity index (χ0) is 25.0. The molecule has 182 valence electrons. The lowest BCUT2D eigenvalue weighted by atomic mass is 9.93. The Balaban J connectivity index is 1.33. The van der Waals surface area contributed by atoms with Crippen molar-refractivity contribution in [2.45, 2.75) is 43.0 Å². The maximum atomic E-state index is 13.1. The quantitative estimate of drug-likeness (QED) is 0.640. The van der Waals surface area contributed by atoms with Crippen LogP contribution in [0.4, 0.5) is 10.5 Å². The number of benzene rings is 2. The van der Waals surface area contributed by atoms with Crippen molar-refractivity contribution in [3.63, 3.8) is 0 Å². The number of rotatable bonds is 4. The average molecular weight is 493 g/mol. The Morgan fingerprint density at radius 2 is 1.80 bits per heavy atom. The van der Waals surface area contributed by atoms with Crippen molar-refractivity contribution in [3.05, 3.63) is 65.2 Å². The van der Waals surface area contributed by atoms with Gasteiger partial charge in [0.2, 0.25) is 11.8 Å². The monoisotopic (exact) mass is 492 g/mol. The van der Waals surface area contributed by atoms with E-state index in [9.17, 15) is 19.2 Å². The van der Waals surface area contributed by atoms with Crippen LogP contribution >= 0.6 is 11.8 Å². The Bertz CT molecular complexity index is 1230. The van der Waals surface area contributed by atoms with Gasteiger partial charge in [-0.05, 0) is 42.7 Å². The van der Waals surface area contributed by atoms with Crippen molar-refractivity contribution < 1.29 is 19.2 Å². The molecule has 0 radical (unpaired) electrons. The van der Waals surface area contributed by atoms with Crippen molar-refractivity contribution in [3.8, 4) is 0 Å². The number of nitrogens with zero attached hydrogens (tertiary/aromatic N) is 2. The number of urea groups is 1. The number of likely N-dealkylation sites (N-methyl/N-ethyl adjacent to an activating group) is 1. The lowest BCUT2D eigenvalue weighted by molar-refractivity contribution is -0.136. The van der Waals surface area contributed by atoms with E-state index in [0.29, 0.717) is 24.3 Å². The minimum Gasteiger partial charge on any atom is -0.325 e. The van der Waals surface area contributed by atoms with Crippen LogP contribution in [0.15, 0.2) is 48.5 Å². The number of imide groups is 1. The third-order valence-corrected chi connectivity index (χ3v) is 8.69. The van der Waals surface area contributed by atoms with Crippen LogP contribution in [0.3, 0.4) is 0 Å². The fourth-order valence-corrected chi connectivity index (χ4v) is 6.54. The first-order valence-corrected chi connectivity index (χ1v) is 12.6. The maximum Gasteiger partial charge on any atom is 0.324 e. The number of carbonyl (C=O) groups is 4. The molecular weight excluding hydrogens is 464 g/mol. The Labute approximate surface area is 208 Å². The first-order valence-electron chi connectivity index (χ1n) is 11.6. The molecule has 2 aromatic rings. The molecule has 0 aromatic heterocycles. The molecular formula is C26H28N4O4S. The van der Waals surface area contributed by atoms with Crippen LogP contribution in [0, 0.1) is 0 Å². The topological polar surface area (TPSA) is 98.8 Å². The number of anilines is 1. The smallest absolute Gasteiger partial charge is 0.324 e. The number of carbonyl (C=O) groups excluding carboxylic acids is 4. The summed E-state index contributed by atoms with van der Waals surface area (Å²) in [5.41, 5.74) is 2.60. The molecule has 2 N–H and O–H groups in total. The summed E-state index contributed by atoms with van der Waals surface area (Å²) in [6.45, 7) is 4.15. The van der Waals surface area contributed by atoms with E-state index in [1.165, 1.54) is 4.90 Å². The number of thioether (sulfide) groups is 1. The lowest BCUT2D eigenvalue weighted by Gasteiger charge is -2.45. The highest BCUT2D eigenvalue weighted by molar-refractivity contribution is 8.01. The number of nitrogens with one attached hydrogen (secondary N) is 2. The third-order valence-electron chi connectivity index (χ3n) is 7.33. The molecule has 0 unspecified atom stereocenters. The maximum absolute atomic E-state index is 13.1. The molecule has 5 rings (SSSR count). The van der Waals surface area contributed by atoms with Crippen LogP contribution in [0.25, 0.3) is 0 Å². The Morgan fingerprint density at radius 3 is 2.49 bits per heavy atom. The molecule has 35 heavy (non-hydrogen) atoms. The second-order valence-electron chi connectivity index (χ2n) is 9.96. The van der Waals surface area contributed by atoms with E-state index >= 15 is 0 Å². The van der Waals surface area contributed by atoms with E-state index in [4.69, 9.17) is 0 Å². The lowest BCUT2D eigenvalue weighted by Crippen LogP contribution is -2.51. The van der Waals surface area contributed by atoms with Gasteiger partial charge in [-0.3, -0.25) is 19.7 Å². The van der Waals surface area contributed by atoms with Gasteiger partial charge in [0.25, 0.3) is 5.91 Å². The fraction of sp³-hybridized carbons (Fsp3) is 0.385. The standard InChI is InChI=1S/C26H28N4O4S/c1-25(2)22(16-7-5-4-6-8-16)30(21(32)15-35-25)14-20(31)27-19-10-9-17-12-26(13-18(17)11-19)23(33)28-24(34)29(26)3/h4-11,22H,12-15H2,1-3H3,(H,27,31)(H,28,33,34)/t22-,26+/m1/s1. The SMILES string of the molecule is CN1C(=O)NC(=O)[C@@]12Cc1ccc(NC(=O)CN3C(=O)CSC(C)(C)[C@H]3c3ccccc3)cc1C2. The minimum absolute atomic E-state index is 0.0525. The van der Waals surface area contributed by atoms with E-state index < -0.39 is 11.6 Å². The summed E-state index contributed by atoms with van der Waals surface area (Å²) in [5, 5.41) is 5.32. The molecule has 0 saturated carbocycles. The van der Waals surface area contributed by atoms with Crippen molar-refractivity contribution >= 4 is 41.2 Å². The fourth-order valence-electron chi connectivity index (χ4n) is 5.46. The number of fused-ring (bicyclic) bond motifs is 1. The molecule has 3 aliphatic rings. The predicted molar refractivity (Wildman–Crippen MR) is 134 cm³/mol. The number of hydrogen-bond donors (Lipinski definition) is 2. The molecule has 2 heterocycles. The molecule has 2 atom stereocenters. The van der Waals surface area contributed by atoms with Gasteiger partial charge in [0.05, 0.1) is 11.8 Å². The van der Waals surface area contributed by atoms with Crippen LogP contribution in [-0.4, -0.2) is 63.2 Å². The molecule has 1 aliphatic carbocycles. The van der Waals surface area contributed by atoms with Gasteiger partial charge < -0.3 is 15.1 Å². The molecule has 9 heteroatoms. The molecule has 1 spiro atoms. The molecule has 2 fully saturated rings. The van der Waals surface area contributed by atoms with Gasteiger partial charge >= 0.3 is 6.03 Å². The summed E-state index contributed by atoms with van der Waals surface area (Å²) in [7, 11) is 1.63. The van der Waals surface area contributed by atoms with Gasteiger partial charge in [-0.1, -0.05) is 36.4 Å². The Morgan fingerprint density at radius 1 is 1.09 bits per heavy atom. The Kier molecular flexibility index (Phi) is 5.62. The van der Waals surface area contributed by atoms with Crippen LogP contribution in [0.2, 0.25) is 0 Å². The van der Waals surface area contributed by atoms with Crippen LogP contribution in [-0.2, 0) is 27.2 Å². The van der Waals surface area contributed by atoms with Crippen molar-refractivity contribution in [1.29, 1.82) is 0 Å². The first kappa shape index (κ1) is 23.4. The van der Waals surface area contributed by atoms with Crippen molar-refractivity contribution in [2.75, 3.05) is 24.7 Å². The zero-order valence-corrected chi connectivity index (χ0v) is 20.8. The third kappa shape index (κ3) is 3.97. The van der Waals surface area contributed by atoms with Gasteiger partial charge in [-0.25, -0.2) is 4.79 Å². The van der Waals surface area contributed by atoms with Crippen LogP contribution in [0.1, 0.15) is 36.6 Å². The highest BCUT2D eigenvalue weighted by Gasteiger charge is 2.54. The summed E-state index contributed by atoms with van der Waals surface area (Å²) in [6.07, 6.45) is 0.838. The van der Waals surface area contributed by atoms with E-state index in [-0.39, 0.29) is 35.1 Å². The second-order valence-corrected chi connectivity index (χ2v) is 11.6. The molecule has 2 aliphatic heterocycles. The highest BCUT2D eigenvalue weighted by Crippen LogP contribution is 2.45. The molecule has 2 saturated heterocycles. The molecule has 5 amide bonds. The summed E-state index contributed by atoms with van der Waals surface area (Å²) in [6, 6.07) is 14.7. The minimum atomic E-state index is -0.908. The van der Waals surface area contributed by atoms with E-state index in [1.807, 2.05) is 42.5 Å².